The highest BCUT2D eigenvalue weighted by molar-refractivity contribution is 6.41. The van der Waals surface area contributed by atoms with Crippen molar-refractivity contribution < 1.29 is 39.7 Å². The maximum Gasteiger partial charge on any atom is 0.451 e. The molecule has 1 heterocycles. The molecule has 1 aromatic rings. The van der Waals surface area contributed by atoms with E-state index >= 15 is 0 Å². The number of hydrogen-bond donors (Lipinski definition) is 7. The number of aromatic carboxylic acids is 1. The zero-order valence-corrected chi connectivity index (χ0v) is 18.2. The van der Waals surface area contributed by atoms with Crippen LogP contribution in [0.4, 0.5) is 0 Å². The van der Waals surface area contributed by atoms with E-state index in [-0.39, 0.29) is 54.8 Å². The molecule has 32 heavy (non-hydrogen) atoms. The van der Waals surface area contributed by atoms with Gasteiger partial charge in [0, 0.05) is 32.8 Å². The summed E-state index contributed by atoms with van der Waals surface area (Å²) in [5.41, 5.74) is 4.93. The Morgan fingerprint density at radius 3 is 2.59 bits per heavy atom. The number of carboxylic acids is 1. The number of ether oxygens (including phenoxy) is 1. The monoisotopic (exact) mass is 453 g/mol. The molecule has 1 aromatic carbocycles. The molecular formula is C20H32BN3O8. The Kier molecular flexibility index (Phi) is 9.28. The average Bonchev–Trinajstić information content (AvgIpc) is 2.68. The number of carbonyl (C=O) groups excluding carboxylic acids is 1. The molecular weight excluding hydrogens is 421 g/mol. The van der Waals surface area contributed by atoms with E-state index in [0.717, 1.165) is 0 Å². The Hall–Kier alpha value is -2.38. The minimum Gasteiger partial charge on any atom is -0.507 e. The lowest BCUT2D eigenvalue weighted by atomic mass is 9.82. The predicted molar refractivity (Wildman–Crippen MR) is 117 cm³/mol. The van der Waals surface area contributed by atoms with E-state index in [1.54, 1.807) is 6.92 Å². The second kappa shape index (κ2) is 11.5. The number of unbranched alkanes of at least 4 members (excludes halogenated alkanes) is 1. The Morgan fingerprint density at radius 2 is 2.00 bits per heavy atom. The van der Waals surface area contributed by atoms with E-state index in [1.165, 1.54) is 12.1 Å². The minimum absolute atomic E-state index is 0.0186. The number of aliphatic hydroxyl groups is 1. The normalized spacial score (nSPS) is 16.2. The number of aliphatic hydroxyl groups excluding tert-OH is 1. The van der Waals surface area contributed by atoms with Crippen molar-refractivity contribution in [2.24, 2.45) is 5.73 Å². The molecule has 178 valence electrons. The van der Waals surface area contributed by atoms with Crippen molar-refractivity contribution in [3.8, 4) is 11.5 Å². The molecule has 1 amide bonds. The van der Waals surface area contributed by atoms with Crippen LogP contribution < -0.4 is 15.8 Å². The van der Waals surface area contributed by atoms with Gasteiger partial charge < -0.3 is 41.2 Å². The SMILES string of the molecule is C[C@@](N)(CN1CC(Oc2ccc(CCB(O)O)c(O)c2C(=O)O)C1)C(=O)NCCCCO. The van der Waals surface area contributed by atoms with Gasteiger partial charge in [0.1, 0.15) is 28.7 Å². The Balaban J connectivity index is 1.91. The second-order valence-corrected chi connectivity index (χ2v) is 8.31. The summed E-state index contributed by atoms with van der Waals surface area (Å²) < 4.78 is 5.75. The first kappa shape index (κ1) is 25.9. The zero-order valence-electron chi connectivity index (χ0n) is 18.2. The van der Waals surface area contributed by atoms with E-state index in [1.807, 2.05) is 4.90 Å². The van der Waals surface area contributed by atoms with Crippen LogP contribution in [0.25, 0.3) is 0 Å². The number of carbonyl (C=O) groups is 2. The molecule has 0 aliphatic carbocycles. The Morgan fingerprint density at radius 1 is 1.31 bits per heavy atom. The predicted octanol–water partition coefficient (Wildman–Crippen LogP) is -1.23. The molecule has 1 saturated heterocycles. The van der Waals surface area contributed by atoms with Crippen molar-refractivity contribution >= 4 is 19.0 Å². The van der Waals surface area contributed by atoms with Gasteiger partial charge >= 0.3 is 13.1 Å². The van der Waals surface area contributed by atoms with Crippen molar-refractivity contribution in [3.05, 3.63) is 23.3 Å². The van der Waals surface area contributed by atoms with Gasteiger partial charge in [0.05, 0.1) is 0 Å². The number of carboxylic acid groups (broad SMARTS) is 1. The molecule has 8 N–H and O–H groups in total. The van der Waals surface area contributed by atoms with E-state index in [2.05, 4.69) is 5.32 Å². The largest absolute Gasteiger partial charge is 0.507 e. The number of amides is 1. The third-order valence-electron chi connectivity index (χ3n) is 5.27. The number of nitrogens with one attached hydrogen (secondary N) is 1. The van der Waals surface area contributed by atoms with Gasteiger partial charge in [-0.15, -0.1) is 0 Å². The number of aromatic hydroxyl groups is 1. The molecule has 0 radical (unpaired) electrons. The topological polar surface area (TPSA) is 186 Å². The van der Waals surface area contributed by atoms with Gasteiger partial charge in [0.15, 0.2) is 0 Å². The summed E-state index contributed by atoms with van der Waals surface area (Å²) in [5, 5.41) is 49.3. The number of nitrogens with two attached hydrogens (primary N) is 1. The number of likely N-dealkylation sites (tertiary alicyclic amines) is 1. The van der Waals surface area contributed by atoms with Gasteiger partial charge in [-0.1, -0.05) is 6.07 Å². The summed E-state index contributed by atoms with van der Waals surface area (Å²) in [7, 11) is -1.56. The summed E-state index contributed by atoms with van der Waals surface area (Å²) in [5.74, 6) is -2.08. The molecule has 1 atom stereocenters. The molecule has 0 spiro atoms. The van der Waals surface area contributed by atoms with Gasteiger partial charge in [0.2, 0.25) is 5.91 Å². The van der Waals surface area contributed by atoms with Crippen LogP contribution in [-0.4, -0.2) is 93.7 Å². The number of hydrogen-bond acceptors (Lipinski definition) is 9. The molecule has 1 aliphatic rings. The van der Waals surface area contributed by atoms with Crippen LogP contribution in [0.3, 0.4) is 0 Å². The molecule has 12 heteroatoms. The van der Waals surface area contributed by atoms with Crippen LogP contribution in [0.2, 0.25) is 6.32 Å². The van der Waals surface area contributed by atoms with Crippen molar-refractivity contribution in [2.75, 3.05) is 32.8 Å². The van der Waals surface area contributed by atoms with Crippen molar-refractivity contribution in [1.82, 2.24) is 10.2 Å². The fourth-order valence-electron chi connectivity index (χ4n) is 3.49. The molecule has 0 bridgehead atoms. The molecule has 11 nitrogen and oxygen atoms in total. The Bertz CT molecular complexity index is 799. The maximum atomic E-state index is 12.3. The van der Waals surface area contributed by atoms with Gasteiger partial charge in [0.25, 0.3) is 0 Å². The van der Waals surface area contributed by atoms with Crippen LogP contribution in [0.15, 0.2) is 12.1 Å². The molecule has 1 aliphatic heterocycles. The maximum absolute atomic E-state index is 12.3. The molecule has 2 rings (SSSR count). The summed E-state index contributed by atoms with van der Waals surface area (Å²) in [4.78, 5) is 25.8. The highest BCUT2D eigenvalue weighted by Gasteiger charge is 2.37. The average molecular weight is 453 g/mol. The van der Waals surface area contributed by atoms with E-state index in [4.69, 9.17) is 25.6 Å². The van der Waals surface area contributed by atoms with Crippen LogP contribution in [0.5, 0.6) is 11.5 Å². The zero-order chi connectivity index (χ0) is 23.9. The fourth-order valence-corrected chi connectivity index (χ4v) is 3.49. The van der Waals surface area contributed by atoms with Crippen LogP contribution in [-0.2, 0) is 11.2 Å². The van der Waals surface area contributed by atoms with Gasteiger partial charge in [-0.25, -0.2) is 4.79 Å². The van der Waals surface area contributed by atoms with E-state index in [9.17, 15) is 19.8 Å². The lowest BCUT2D eigenvalue weighted by Gasteiger charge is -2.42. The second-order valence-electron chi connectivity index (χ2n) is 8.31. The van der Waals surface area contributed by atoms with Gasteiger partial charge in [-0.3, -0.25) is 9.69 Å². The summed E-state index contributed by atoms with van der Waals surface area (Å²) in [6.45, 7) is 3.29. The van der Waals surface area contributed by atoms with Crippen molar-refractivity contribution in [1.29, 1.82) is 0 Å². The van der Waals surface area contributed by atoms with Gasteiger partial charge in [-0.2, -0.15) is 0 Å². The standard InChI is InChI=1S/C20H32BN3O8/c1-20(22,19(29)23-8-2-3-9-25)12-24-10-14(11-24)32-15-5-4-13(6-7-21(30)31)17(26)16(15)18(27)28/h4-5,14,25-26,30-31H,2-3,6-12,22H2,1H3,(H,23,29)(H,27,28)/t20-/m1/s1. The quantitative estimate of drug-likeness (QED) is 0.141. The van der Waals surface area contributed by atoms with Crippen LogP contribution in [0, 0.1) is 0 Å². The van der Waals surface area contributed by atoms with Gasteiger partial charge in [-0.05, 0) is 44.1 Å². The van der Waals surface area contributed by atoms with E-state index in [0.29, 0.717) is 32.5 Å². The number of phenols is 1. The molecule has 0 aromatic heterocycles. The highest BCUT2D eigenvalue weighted by atomic mass is 16.5. The number of aryl methyl sites for hydroxylation is 1. The minimum atomic E-state index is -1.56. The molecule has 0 unspecified atom stereocenters. The van der Waals surface area contributed by atoms with E-state index < -0.39 is 24.4 Å². The van der Waals surface area contributed by atoms with Crippen LogP contribution >= 0.6 is 0 Å². The fraction of sp³-hybridized carbons (Fsp3) is 0.600. The number of rotatable bonds is 13. The molecule has 1 fully saturated rings. The third kappa shape index (κ3) is 7.07. The summed E-state index contributed by atoms with van der Waals surface area (Å²) in [6, 6.07) is 2.94. The lowest BCUT2D eigenvalue weighted by Crippen LogP contribution is -2.64. The first-order chi connectivity index (χ1) is 15.0. The smallest absolute Gasteiger partial charge is 0.451 e. The summed E-state index contributed by atoms with van der Waals surface area (Å²) in [6.07, 6.45) is 0.984. The first-order valence-corrected chi connectivity index (χ1v) is 10.6. The first-order valence-electron chi connectivity index (χ1n) is 10.6. The Labute approximate surface area is 186 Å². The van der Waals surface area contributed by atoms with Crippen molar-refractivity contribution in [2.45, 2.75) is 44.1 Å². The number of benzene rings is 1. The molecule has 0 saturated carbocycles. The van der Waals surface area contributed by atoms with Crippen molar-refractivity contribution in [3.63, 3.8) is 0 Å². The highest BCUT2D eigenvalue weighted by Crippen LogP contribution is 2.34. The number of nitrogens with zero attached hydrogens (tertiary/aromatic N) is 1. The third-order valence-corrected chi connectivity index (χ3v) is 5.27. The lowest BCUT2D eigenvalue weighted by molar-refractivity contribution is -0.127. The summed E-state index contributed by atoms with van der Waals surface area (Å²) >= 11 is 0. The van der Waals surface area contributed by atoms with Crippen LogP contribution in [0.1, 0.15) is 35.7 Å².